The lowest BCUT2D eigenvalue weighted by molar-refractivity contribution is 0.841. The van der Waals surface area contributed by atoms with Crippen LogP contribution in [0.4, 0.5) is 0 Å². The third-order valence-electron chi connectivity index (χ3n) is 2.01. The Morgan fingerprint density at radius 1 is 1.55 bits per heavy atom. The van der Waals surface area contributed by atoms with E-state index in [1.54, 1.807) is 0 Å². The Hall–Kier alpha value is -0.500. The predicted molar refractivity (Wildman–Crippen MR) is 48.8 cm³/mol. The van der Waals surface area contributed by atoms with Crippen LogP contribution in [0.15, 0.2) is 18.3 Å². The van der Waals surface area contributed by atoms with Gasteiger partial charge in [0.1, 0.15) is 0 Å². The zero-order valence-corrected chi connectivity index (χ0v) is 7.40. The fraction of sp³-hybridized carbons (Fsp3) is 0.444. The zero-order valence-electron chi connectivity index (χ0n) is 6.58. The van der Waals surface area contributed by atoms with Gasteiger partial charge in [-0.15, -0.1) is 0 Å². The Morgan fingerprint density at radius 2 is 2.36 bits per heavy atom. The van der Waals surface area contributed by atoms with E-state index < -0.39 is 0 Å². The molecule has 1 aromatic heterocycles. The van der Waals surface area contributed by atoms with E-state index in [4.69, 9.17) is 0 Å². The average molecular weight is 165 g/mol. The molecule has 0 bridgehead atoms. The number of rotatable bonds is 1. The van der Waals surface area contributed by atoms with Crippen molar-refractivity contribution in [2.75, 3.05) is 5.75 Å². The van der Waals surface area contributed by atoms with Crippen molar-refractivity contribution >= 4 is 11.8 Å². The monoisotopic (exact) mass is 165 g/mol. The molecule has 0 aliphatic carbocycles. The molecular formula is C9H11NS. The minimum atomic E-state index is 0.739. The molecule has 0 amide bonds. The average Bonchev–Trinajstić information content (AvgIpc) is 1.90. The van der Waals surface area contributed by atoms with Gasteiger partial charge in [-0.05, 0) is 30.7 Å². The molecule has 0 N–H and O–H groups in total. The number of nitrogens with zero attached hydrogens (tertiary/aromatic N) is 1. The Labute approximate surface area is 71.2 Å². The summed E-state index contributed by atoms with van der Waals surface area (Å²) in [5.41, 5.74) is 2.50. The van der Waals surface area contributed by atoms with Crippen molar-refractivity contribution in [2.45, 2.75) is 18.6 Å². The largest absolute Gasteiger partial charge is 0.261 e. The summed E-state index contributed by atoms with van der Waals surface area (Å²) in [4.78, 5) is 4.27. The van der Waals surface area contributed by atoms with Crippen LogP contribution in [0.3, 0.4) is 0 Å². The van der Waals surface area contributed by atoms with Gasteiger partial charge in [-0.25, -0.2) is 0 Å². The maximum atomic E-state index is 4.27. The summed E-state index contributed by atoms with van der Waals surface area (Å²) in [5.74, 6) is 1.32. The first-order valence-electron chi connectivity index (χ1n) is 3.90. The fourth-order valence-corrected chi connectivity index (χ4v) is 1.97. The molecular weight excluding hydrogens is 154 g/mol. The van der Waals surface area contributed by atoms with Gasteiger partial charge < -0.3 is 0 Å². The maximum Gasteiger partial charge on any atom is 0.0372 e. The van der Waals surface area contributed by atoms with Crippen molar-refractivity contribution in [1.82, 2.24) is 4.98 Å². The molecule has 1 aromatic rings. The summed E-state index contributed by atoms with van der Waals surface area (Å²) in [6, 6.07) is 4.29. The molecule has 1 aliphatic heterocycles. The second-order valence-electron chi connectivity index (χ2n) is 2.88. The molecule has 1 nitrogen and oxygen atoms in total. The summed E-state index contributed by atoms with van der Waals surface area (Å²) in [5, 5.41) is 0.739. The molecule has 2 heteroatoms. The van der Waals surface area contributed by atoms with E-state index in [0.717, 1.165) is 10.9 Å². The van der Waals surface area contributed by atoms with Crippen molar-refractivity contribution in [3.63, 3.8) is 0 Å². The second-order valence-corrected chi connectivity index (χ2v) is 4.19. The summed E-state index contributed by atoms with van der Waals surface area (Å²) >= 11 is 2.02. The van der Waals surface area contributed by atoms with Gasteiger partial charge in [0.15, 0.2) is 0 Å². The normalized spacial score (nSPS) is 22.8. The van der Waals surface area contributed by atoms with Gasteiger partial charge in [0.05, 0.1) is 0 Å². The molecule has 1 atom stereocenters. The molecule has 1 unspecified atom stereocenters. The van der Waals surface area contributed by atoms with Gasteiger partial charge in [0, 0.05) is 17.1 Å². The molecule has 1 aliphatic rings. The van der Waals surface area contributed by atoms with E-state index in [9.17, 15) is 0 Å². The summed E-state index contributed by atoms with van der Waals surface area (Å²) in [6.07, 6.45) is 3.33. The molecule has 0 spiro atoms. The van der Waals surface area contributed by atoms with Crippen molar-refractivity contribution in [2.24, 2.45) is 0 Å². The van der Waals surface area contributed by atoms with Crippen LogP contribution < -0.4 is 0 Å². The van der Waals surface area contributed by atoms with Gasteiger partial charge in [-0.3, -0.25) is 4.98 Å². The quantitative estimate of drug-likeness (QED) is 0.634. The highest BCUT2D eigenvalue weighted by molar-refractivity contribution is 8.00. The first-order chi connectivity index (χ1) is 5.36. The lowest BCUT2D eigenvalue weighted by Gasteiger charge is -2.24. The van der Waals surface area contributed by atoms with E-state index in [2.05, 4.69) is 17.1 Å². The summed E-state index contributed by atoms with van der Waals surface area (Å²) in [7, 11) is 0. The molecule has 1 saturated heterocycles. The third kappa shape index (κ3) is 1.41. The van der Waals surface area contributed by atoms with E-state index in [1.807, 2.05) is 24.9 Å². The summed E-state index contributed by atoms with van der Waals surface area (Å²) < 4.78 is 0. The number of hydrogen-bond acceptors (Lipinski definition) is 2. The molecule has 2 rings (SSSR count). The van der Waals surface area contributed by atoms with Gasteiger partial charge in [0.2, 0.25) is 0 Å². The van der Waals surface area contributed by atoms with Crippen molar-refractivity contribution in [3.05, 3.63) is 29.6 Å². The first-order valence-corrected chi connectivity index (χ1v) is 4.95. The SMILES string of the molecule is Cc1ccc(C2CCS2)cn1. The number of aromatic nitrogens is 1. The molecule has 0 saturated carbocycles. The number of aryl methyl sites for hydroxylation is 1. The fourth-order valence-electron chi connectivity index (χ4n) is 1.17. The van der Waals surface area contributed by atoms with Crippen LogP contribution in [0.1, 0.15) is 22.9 Å². The number of pyridine rings is 1. The van der Waals surface area contributed by atoms with Crippen molar-refractivity contribution in [1.29, 1.82) is 0 Å². The van der Waals surface area contributed by atoms with Crippen molar-refractivity contribution in [3.8, 4) is 0 Å². The van der Waals surface area contributed by atoms with Crippen LogP contribution in [0.5, 0.6) is 0 Å². The van der Waals surface area contributed by atoms with Gasteiger partial charge >= 0.3 is 0 Å². The van der Waals surface area contributed by atoms with Gasteiger partial charge in [-0.2, -0.15) is 11.8 Å². The molecule has 0 aromatic carbocycles. The highest BCUT2D eigenvalue weighted by Gasteiger charge is 2.19. The highest BCUT2D eigenvalue weighted by atomic mass is 32.2. The van der Waals surface area contributed by atoms with Crippen LogP contribution >= 0.6 is 11.8 Å². The Bertz CT molecular complexity index is 238. The summed E-state index contributed by atoms with van der Waals surface area (Å²) in [6.45, 7) is 2.03. The van der Waals surface area contributed by atoms with Crippen LogP contribution in [0, 0.1) is 6.92 Å². The Morgan fingerprint density at radius 3 is 2.82 bits per heavy atom. The smallest absolute Gasteiger partial charge is 0.0372 e. The van der Waals surface area contributed by atoms with Gasteiger partial charge in [0.25, 0.3) is 0 Å². The first kappa shape index (κ1) is 7.17. The lowest BCUT2D eigenvalue weighted by atomic mass is 10.1. The van der Waals surface area contributed by atoms with Crippen LogP contribution in [-0.2, 0) is 0 Å². The minimum Gasteiger partial charge on any atom is -0.261 e. The third-order valence-corrected chi connectivity index (χ3v) is 3.39. The maximum absolute atomic E-state index is 4.27. The van der Waals surface area contributed by atoms with Crippen LogP contribution in [-0.4, -0.2) is 10.7 Å². The number of hydrogen-bond donors (Lipinski definition) is 0. The topological polar surface area (TPSA) is 12.9 Å². The highest BCUT2D eigenvalue weighted by Crippen LogP contribution is 2.41. The van der Waals surface area contributed by atoms with E-state index in [-0.39, 0.29) is 0 Å². The van der Waals surface area contributed by atoms with E-state index in [0.29, 0.717) is 0 Å². The zero-order chi connectivity index (χ0) is 7.68. The Kier molecular flexibility index (Phi) is 1.86. The molecule has 0 radical (unpaired) electrons. The number of thioether (sulfide) groups is 1. The molecule has 58 valence electrons. The Balaban J connectivity index is 2.18. The standard InChI is InChI=1S/C9H11NS/c1-7-2-3-8(6-10-7)9-4-5-11-9/h2-3,6,9H,4-5H2,1H3. The molecule has 11 heavy (non-hydrogen) atoms. The molecule has 1 fully saturated rings. The lowest BCUT2D eigenvalue weighted by Crippen LogP contribution is -2.06. The van der Waals surface area contributed by atoms with Crippen LogP contribution in [0.2, 0.25) is 0 Å². The van der Waals surface area contributed by atoms with Crippen molar-refractivity contribution < 1.29 is 0 Å². The predicted octanol–water partition coefficient (Wildman–Crippen LogP) is 2.57. The van der Waals surface area contributed by atoms with E-state index in [1.165, 1.54) is 17.7 Å². The minimum absolute atomic E-state index is 0.739. The van der Waals surface area contributed by atoms with Gasteiger partial charge in [-0.1, -0.05) is 6.07 Å². The van der Waals surface area contributed by atoms with Crippen LogP contribution in [0.25, 0.3) is 0 Å². The molecule has 2 heterocycles. The second kappa shape index (κ2) is 2.86. The van der Waals surface area contributed by atoms with E-state index >= 15 is 0 Å².